The molecule has 5 nitrogen and oxygen atoms in total. The number of esters is 1. The summed E-state index contributed by atoms with van der Waals surface area (Å²) in [7, 11) is 0. The molecule has 6 heteroatoms. The van der Waals surface area contributed by atoms with Crippen molar-refractivity contribution >= 4 is 17.7 Å². The highest BCUT2D eigenvalue weighted by Gasteiger charge is 2.16. The quantitative estimate of drug-likeness (QED) is 0.430. The summed E-state index contributed by atoms with van der Waals surface area (Å²) >= 11 is 1.34. The van der Waals surface area contributed by atoms with Crippen molar-refractivity contribution in [3.05, 3.63) is 5.82 Å². The molecule has 1 N–H and O–H groups in total. The summed E-state index contributed by atoms with van der Waals surface area (Å²) < 4.78 is 5.10. The second-order valence-electron chi connectivity index (χ2n) is 5.62. The van der Waals surface area contributed by atoms with E-state index in [0.717, 1.165) is 31.0 Å². The number of hydrogen-bond acceptors (Lipinski definition) is 5. The van der Waals surface area contributed by atoms with Crippen LogP contribution in [-0.4, -0.2) is 33.5 Å². The molecule has 2 rings (SSSR count). The van der Waals surface area contributed by atoms with Gasteiger partial charge in [0.25, 0.3) is 0 Å². The zero-order valence-corrected chi connectivity index (χ0v) is 13.6. The Kier molecular flexibility index (Phi) is 7.06. The summed E-state index contributed by atoms with van der Waals surface area (Å²) in [5.41, 5.74) is 0. The molecule has 0 spiro atoms. The molecule has 1 aromatic rings. The number of ether oxygens (including phenoxy) is 1. The number of rotatable bonds is 9. The number of nitrogens with one attached hydrogen (secondary N) is 1. The van der Waals surface area contributed by atoms with Crippen LogP contribution in [0.4, 0.5) is 0 Å². The first-order valence-corrected chi connectivity index (χ1v) is 8.96. The molecule has 0 bridgehead atoms. The van der Waals surface area contributed by atoms with Gasteiger partial charge in [0.2, 0.25) is 5.16 Å². The van der Waals surface area contributed by atoms with Gasteiger partial charge in [-0.15, -0.1) is 5.10 Å². The predicted molar refractivity (Wildman–Crippen MR) is 83.3 cm³/mol. The average Bonchev–Trinajstić information content (AvgIpc) is 3.15. The first-order valence-electron chi connectivity index (χ1n) is 7.97. The third kappa shape index (κ3) is 6.08. The zero-order chi connectivity index (χ0) is 14.9. The van der Waals surface area contributed by atoms with E-state index in [1.54, 1.807) is 0 Å². The Bertz CT molecular complexity index is 430. The van der Waals surface area contributed by atoms with Gasteiger partial charge in [0, 0.05) is 6.42 Å². The minimum atomic E-state index is -0.189. The second-order valence-corrected chi connectivity index (χ2v) is 6.56. The Morgan fingerprint density at radius 1 is 1.43 bits per heavy atom. The maximum atomic E-state index is 11.5. The van der Waals surface area contributed by atoms with E-state index in [0.29, 0.717) is 11.8 Å². The highest BCUT2D eigenvalue weighted by molar-refractivity contribution is 7.99. The normalized spacial score (nSPS) is 15.5. The monoisotopic (exact) mass is 311 g/mol. The number of carbonyl (C=O) groups is 1. The fourth-order valence-corrected chi connectivity index (χ4v) is 3.20. The standard InChI is InChI=1S/C15H25N3O2S/c1-2-3-10-20-14(19)11-21-15-16-13(17-18-15)9-8-12-6-4-5-7-12/h12H,2-11H2,1H3,(H,16,17,18). The van der Waals surface area contributed by atoms with Crippen molar-refractivity contribution in [1.29, 1.82) is 0 Å². The van der Waals surface area contributed by atoms with E-state index >= 15 is 0 Å². The van der Waals surface area contributed by atoms with E-state index in [4.69, 9.17) is 4.74 Å². The topological polar surface area (TPSA) is 67.9 Å². The van der Waals surface area contributed by atoms with Gasteiger partial charge in [-0.2, -0.15) is 0 Å². The van der Waals surface area contributed by atoms with E-state index in [2.05, 4.69) is 22.1 Å². The van der Waals surface area contributed by atoms with Crippen LogP contribution >= 0.6 is 11.8 Å². The number of nitrogens with zero attached hydrogens (tertiary/aromatic N) is 2. The van der Waals surface area contributed by atoms with Crippen LogP contribution in [0.15, 0.2) is 5.16 Å². The Morgan fingerprint density at radius 2 is 2.24 bits per heavy atom. The highest BCUT2D eigenvalue weighted by atomic mass is 32.2. The van der Waals surface area contributed by atoms with Crippen molar-refractivity contribution < 1.29 is 9.53 Å². The minimum absolute atomic E-state index is 0.189. The second kappa shape index (κ2) is 9.07. The molecule has 0 aromatic carbocycles. The summed E-state index contributed by atoms with van der Waals surface area (Å²) in [5.74, 6) is 1.89. The van der Waals surface area contributed by atoms with Gasteiger partial charge >= 0.3 is 5.97 Å². The molecule has 1 heterocycles. The van der Waals surface area contributed by atoms with Gasteiger partial charge < -0.3 is 4.74 Å². The van der Waals surface area contributed by atoms with Crippen LogP contribution in [0.3, 0.4) is 0 Å². The van der Waals surface area contributed by atoms with Crippen molar-refractivity contribution in [1.82, 2.24) is 15.2 Å². The molecular weight excluding hydrogens is 286 g/mol. The molecule has 21 heavy (non-hydrogen) atoms. The lowest BCUT2D eigenvalue weighted by Crippen LogP contribution is -2.08. The number of unbranched alkanes of at least 4 members (excludes halogenated alkanes) is 1. The summed E-state index contributed by atoms with van der Waals surface area (Å²) in [6.45, 7) is 2.58. The summed E-state index contributed by atoms with van der Waals surface area (Å²) in [5, 5.41) is 7.76. The largest absolute Gasteiger partial charge is 0.465 e. The van der Waals surface area contributed by atoms with Crippen LogP contribution < -0.4 is 0 Å². The van der Waals surface area contributed by atoms with Crippen LogP contribution in [0.5, 0.6) is 0 Å². The molecule has 0 amide bonds. The van der Waals surface area contributed by atoms with E-state index in [1.165, 1.54) is 43.9 Å². The van der Waals surface area contributed by atoms with E-state index in [9.17, 15) is 4.79 Å². The van der Waals surface area contributed by atoms with Gasteiger partial charge in [0.1, 0.15) is 5.82 Å². The van der Waals surface area contributed by atoms with Gasteiger partial charge in [-0.1, -0.05) is 50.8 Å². The number of aryl methyl sites for hydroxylation is 1. The molecule has 0 radical (unpaired) electrons. The molecular formula is C15H25N3O2S. The van der Waals surface area contributed by atoms with Gasteiger partial charge in [-0.05, 0) is 18.8 Å². The molecule has 1 aromatic heterocycles. The Morgan fingerprint density at radius 3 is 3.00 bits per heavy atom. The SMILES string of the molecule is CCCCOC(=O)CSc1n[nH]c(CCC2CCCC2)n1. The number of hydrogen-bond donors (Lipinski definition) is 1. The Labute approximate surface area is 130 Å². The van der Waals surface area contributed by atoms with Crippen molar-refractivity contribution in [2.24, 2.45) is 5.92 Å². The van der Waals surface area contributed by atoms with Crippen molar-refractivity contribution in [2.75, 3.05) is 12.4 Å². The number of carbonyl (C=O) groups excluding carboxylic acids is 1. The van der Waals surface area contributed by atoms with Crippen LogP contribution in [0.1, 0.15) is 57.7 Å². The molecule has 1 aliphatic rings. The fourth-order valence-electron chi connectivity index (χ4n) is 2.59. The lowest BCUT2D eigenvalue weighted by atomic mass is 10.0. The van der Waals surface area contributed by atoms with Crippen LogP contribution in [0, 0.1) is 5.92 Å². The number of thioether (sulfide) groups is 1. The van der Waals surface area contributed by atoms with Gasteiger partial charge in [0.05, 0.1) is 12.4 Å². The van der Waals surface area contributed by atoms with E-state index in [-0.39, 0.29) is 11.7 Å². The molecule has 0 unspecified atom stereocenters. The smallest absolute Gasteiger partial charge is 0.316 e. The number of aromatic nitrogens is 3. The molecule has 0 aliphatic heterocycles. The van der Waals surface area contributed by atoms with E-state index in [1.807, 2.05) is 0 Å². The van der Waals surface area contributed by atoms with Crippen molar-refractivity contribution in [3.63, 3.8) is 0 Å². The molecule has 0 atom stereocenters. The Balaban J connectivity index is 1.64. The van der Waals surface area contributed by atoms with E-state index < -0.39 is 0 Å². The number of aromatic amines is 1. The van der Waals surface area contributed by atoms with Crippen molar-refractivity contribution in [2.45, 2.75) is 63.4 Å². The fraction of sp³-hybridized carbons (Fsp3) is 0.800. The predicted octanol–water partition coefficient (Wildman–Crippen LogP) is 3.36. The molecule has 1 fully saturated rings. The Hall–Kier alpha value is -1.04. The third-order valence-corrected chi connectivity index (χ3v) is 4.68. The number of H-pyrrole nitrogens is 1. The maximum Gasteiger partial charge on any atom is 0.316 e. The van der Waals surface area contributed by atoms with Crippen LogP contribution in [0.2, 0.25) is 0 Å². The third-order valence-electron chi connectivity index (χ3n) is 3.86. The zero-order valence-electron chi connectivity index (χ0n) is 12.8. The van der Waals surface area contributed by atoms with Gasteiger partial charge in [-0.25, -0.2) is 4.98 Å². The molecule has 1 aliphatic carbocycles. The first kappa shape index (κ1) is 16.3. The lowest BCUT2D eigenvalue weighted by molar-refractivity contribution is -0.140. The van der Waals surface area contributed by atoms with Crippen LogP contribution in [0.25, 0.3) is 0 Å². The van der Waals surface area contributed by atoms with Crippen LogP contribution in [-0.2, 0) is 16.0 Å². The summed E-state index contributed by atoms with van der Waals surface area (Å²) in [6, 6.07) is 0. The summed E-state index contributed by atoms with van der Waals surface area (Å²) in [4.78, 5) is 15.9. The highest BCUT2D eigenvalue weighted by Crippen LogP contribution is 2.28. The molecule has 1 saturated carbocycles. The van der Waals surface area contributed by atoms with Crippen molar-refractivity contribution in [3.8, 4) is 0 Å². The first-order chi connectivity index (χ1) is 10.3. The summed E-state index contributed by atoms with van der Waals surface area (Å²) in [6.07, 6.45) is 9.58. The maximum absolute atomic E-state index is 11.5. The van der Waals surface area contributed by atoms with Gasteiger partial charge in [0.15, 0.2) is 0 Å². The average molecular weight is 311 g/mol. The molecule has 118 valence electrons. The minimum Gasteiger partial charge on any atom is -0.465 e. The lowest BCUT2D eigenvalue weighted by Gasteiger charge is -2.05. The van der Waals surface area contributed by atoms with Gasteiger partial charge in [-0.3, -0.25) is 9.89 Å². The molecule has 0 saturated heterocycles.